The molecule has 7 heteroatoms. The molecule has 0 bridgehead atoms. The van der Waals surface area contributed by atoms with E-state index in [0.29, 0.717) is 18.6 Å². The van der Waals surface area contributed by atoms with Crippen LogP contribution in [0, 0.1) is 5.82 Å². The second kappa shape index (κ2) is 12.1. The molecule has 0 aromatic heterocycles. The Kier molecular flexibility index (Phi) is 9.84. The maximum absolute atomic E-state index is 13.5. The SMILES string of the molecule is CCNC(=NCc1ccc(O)c(F)c1)NC1CCN(Cc2ccccc2)C(C)C1.I. The molecule has 3 rings (SSSR count). The van der Waals surface area contributed by atoms with Crippen LogP contribution in [-0.2, 0) is 13.1 Å². The average molecular weight is 526 g/mol. The number of aromatic hydroxyl groups is 1. The van der Waals surface area contributed by atoms with Gasteiger partial charge in [-0.15, -0.1) is 24.0 Å². The molecule has 0 aliphatic carbocycles. The van der Waals surface area contributed by atoms with E-state index in [1.165, 1.54) is 17.7 Å². The predicted molar refractivity (Wildman–Crippen MR) is 131 cm³/mol. The van der Waals surface area contributed by atoms with E-state index in [0.717, 1.165) is 44.0 Å². The topological polar surface area (TPSA) is 59.9 Å². The summed E-state index contributed by atoms with van der Waals surface area (Å²) in [5, 5.41) is 16.1. The fourth-order valence-electron chi connectivity index (χ4n) is 3.74. The van der Waals surface area contributed by atoms with Crippen LogP contribution in [0.3, 0.4) is 0 Å². The van der Waals surface area contributed by atoms with E-state index in [9.17, 15) is 9.50 Å². The third-order valence-corrected chi connectivity index (χ3v) is 5.36. The van der Waals surface area contributed by atoms with Gasteiger partial charge in [0, 0.05) is 31.7 Å². The molecule has 1 fully saturated rings. The van der Waals surface area contributed by atoms with Gasteiger partial charge in [-0.25, -0.2) is 9.38 Å². The number of nitrogens with zero attached hydrogens (tertiary/aromatic N) is 2. The van der Waals surface area contributed by atoms with Gasteiger partial charge in [0.15, 0.2) is 17.5 Å². The molecule has 30 heavy (non-hydrogen) atoms. The molecule has 1 saturated heterocycles. The van der Waals surface area contributed by atoms with Crippen molar-refractivity contribution in [3.8, 4) is 5.75 Å². The van der Waals surface area contributed by atoms with Gasteiger partial charge in [-0.05, 0) is 49.9 Å². The highest BCUT2D eigenvalue weighted by molar-refractivity contribution is 14.0. The van der Waals surface area contributed by atoms with E-state index in [4.69, 9.17) is 0 Å². The number of nitrogens with one attached hydrogen (secondary N) is 2. The van der Waals surface area contributed by atoms with Crippen LogP contribution >= 0.6 is 24.0 Å². The summed E-state index contributed by atoms with van der Waals surface area (Å²) < 4.78 is 13.5. The molecule has 5 nitrogen and oxygen atoms in total. The van der Waals surface area contributed by atoms with E-state index in [2.05, 4.69) is 57.8 Å². The fraction of sp³-hybridized carbons (Fsp3) is 0.435. The molecule has 3 N–H and O–H groups in total. The Morgan fingerprint density at radius 1 is 1.20 bits per heavy atom. The number of piperidine rings is 1. The highest BCUT2D eigenvalue weighted by Crippen LogP contribution is 2.20. The van der Waals surface area contributed by atoms with E-state index >= 15 is 0 Å². The zero-order chi connectivity index (χ0) is 20.6. The van der Waals surface area contributed by atoms with Crippen LogP contribution in [0.25, 0.3) is 0 Å². The van der Waals surface area contributed by atoms with E-state index < -0.39 is 5.82 Å². The molecule has 0 amide bonds. The quantitative estimate of drug-likeness (QED) is 0.299. The minimum Gasteiger partial charge on any atom is -0.505 e. The Balaban J connectivity index is 0.00000320. The molecule has 0 saturated carbocycles. The van der Waals surface area contributed by atoms with Crippen molar-refractivity contribution in [2.24, 2.45) is 4.99 Å². The number of phenolic OH excluding ortho intramolecular Hbond substituents is 1. The molecular formula is C23H32FIN4O. The van der Waals surface area contributed by atoms with E-state index in [1.807, 2.05) is 6.92 Å². The Morgan fingerprint density at radius 2 is 1.97 bits per heavy atom. The minimum absolute atomic E-state index is 0. The molecule has 1 aliphatic heterocycles. The maximum Gasteiger partial charge on any atom is 0.191 e. The molecule has 2 aromatic rings. The number of rotatable bonds is 6. The Bertz CT molecular complexity index is 818. The van der Waals surface area contributed by atoms with Crippen molar-refractivity contribution in [1.82, 2.24) is 15.5 Å². The van der Waals surface area contributed by atoms with Crippen molar-refractivity contribution in [2.75, 3.05) is 13.1 Å². The van der Waals surface area contributed by atoms with Crippen LogP contribution < -0.4 is 10.6 Å². The minimum atomic E-state index is -0.615. The maximum atomic E-state index is 13.5. The normalized spacial score (nSPS) is 19.8. The van der Waals surface area contributed by atoms with Gasteiger partial charge in [0.1, 0.15) is 0 Å². The highest BCUT2D eigenvalue weighted by atomic mass is 127. The molecule has 2 unspecified atom stereocenters. The summed E-state index contributed by atoms with van der Waals surface area (Å²) >= 11 is 0. The lowest BCUT2D eigenvalue weighted by atomic mass is 9.97. The number of guanidine groups is 1. The summed E-state index contributed by atoms with van der Waals surface area (Å²) in [6, 6.07) is 15.8. The van der Waals surface area contributed by atoms with Gasteiger partial charge in [-0.3, -0.25) is 4.90 Å². The van der Waals surface area contributed by atoms with Gasteiger partial charge in [0.2, 0.25) is 0 Å². The molecule has 164 valence electrons. The van der Waals surface area contributed by atoms with Gasteiger partial charge in [-0.2, -0.15) is 0 Å². The standard InChI is InChI=1S/C23H31FN4O.HI/c1-3-25-23(26-15-19-9-10-22(29)21(24)14-19)27-20-11-12-28(17(2)13-20)16-18-7-5-4-6-8-18;/h4-10,14,17,20,29H,3,11-13,15-16H2,1-2H3,(H2,25,26,27);1H. The van der Waals surface area contributed by atoms with Crippen molar-refractivity contribution in [3.63, 3.8) is 0 Å². The zero-order valence-corrected chi connectivity index (χ0v) is 20.0. The Morgan fingerprint density at radius 3 is 2.63 bits per heavy atom. The van der Waals surface area contributed by atoms with Crippen LogP contribution in [0.15, 0.2) is 53.5 Å². The van der Waals surface area contributed by atoms with Crippen LogP contribution in [-0.4, -0.2) is 41.1 Å². The summed E-state index contributed by atoms with van der Waals surface area (Å²) in [5.41, 5.74) is 2.07. The largest absolute Gasteiger partial charge is 0.505 e. The molecule has 1 heterocycles. The van der Waals surface area contributed by atoms with Gasteiger partial charge in [0.05, 0.1) is 6.54 Å². The Labute approximate surface area is 195 Å². The molecule has 0 radical (unpaired) electrons. The monoisotopic (exact) mass is 526 g/mol. The summed E-state index contributed by atoms with van der Waals surface area (Å²) in [7, 11) is 0. The number of hydrogen-bond donors (Lipinski definition) is 3. The van der Waals surface area contributed by atoms with Crippen molar-refractivity contribution < 1.29 is 9.50 Å². The van der Waals surface area contributed by atoms with Crippen molar-refractivity contribution >= 4 is 29.9 Å². The summed E-state index contributed by atoms with van der Waals surface area (Å²) in [5.74, 6) is -0.205. The van der Waals surface area contributed by atoms with Gasteiger partial charge in [0.25, 0.3) is 0 Å². The molecule has 0 spiro atoms. The first-order valence-electron chi connectivity index (χ1n) is 10.4. The molecule has 2 aromatic carbocycles. The van der Waals surface area contributed by atoms with E-state index in [1.54, 1.807) is 6.07 Å². The molecule has 2 atom stereocenters. The number of aliphatic imine (C=N–C) groups is 1. The lowest BCUT2D eigenvalue weighted by Crippen LogP contribution is -2.51. The number of halogens is 2. The average Bonchev–Trinajstić information content (AvgIpc) is 2.72. The first-order valence-corrected chi connectivity index (χ1v) is 10.4. The zero-order valence-electron chi connectivity index (χ0n) is 17.6. The lowest BCUT2D eigenvalue weighted by molar-refractivity contribution is 0.134. The van der Waals surface area contributed by atoms with Crippen LogP contribution in [0.2, 0.25) is 0 Å². The molecule has 1 aliphatic rings. The van der Waals surface area contributed by atoms with E-state index in [-0.39, 0.29) is 29.7 Å². The summed E-state index contributed by atoms with van der Waals surface area (Å²) in [6.45, 7) is 7.45. The van der Waals surface area contributed by atoms with Crippen molar-refractivity contribution in [2.45, 2.75) is 51.9 Å². The smallest absolute Gasteiger partial charge is 0.191 e. The first kappa shape index (κ1) is 24.4. The second-order valence-corrected chi connectivity index (χ2v) is 7.65. The first-order chi connectivity index (χ1) is 14.0. The van der Waals surface area contributed by atoms with Crippen molar-refractivity contribution in [3.05, 3.63) is 65.5 Å². The highest BCUT2D eigenvalue weighted by Gasteiger charge is 2.25. The number of benzene rings is 2. The number of likely N-dealkylation sites (tertiary alicyclic amines) is 1. The summed E-state index contributed by atoms with van der Waals surface area (Å²) in [4.78, 5) is 7.12. The third-order valence-electron chi connectivity index (χ3n) is 5.36. The Hall–Kier alpha value is -1.87. The molecular weight excluding hydrogens is 494 g/mol. The van der Waals surface area contributed by atoms with Crippen LogP contribution in [0.1, 0.15) is 37.8 Å². The summed E-state index contributed by atoms with van der Waals surface area (Å²) in [6.07, 6.45) is 2.10. The van der Waals surface area contributed by atoms with Crippen LogP contribution in [0.4, 0.5) is 4.39 Å². The van der Waals surface area contributed by atoms with Gasteiger partial charge >= 0.3 is 0 Å². The third kappa shape index (κ3) is 7.12. The van der Waals surface area contributed by atoms with Crippen molar-refractivity contribution in [1.29, 1.82) is 0 Å². The van der Waals surface area contributed by atoms with Gasteiger partial charge in [-0.1, -0.05) is 36.4 Å². The van der Waals surface area contributed by atoms with Crippen LogP contribution in [0.5, 0.6) is 5.75 Å². The van der Waals surface area contributed by atoms with Gasteiger partial charge < -0.3 is 15.7 Å². The lowest BCUT2D eigenvalue weighted by Gasteiger charge is -2.38. The second-order valence-electron chi connectivity index (χ2n) is 7.65. The predicted octanol–water partition coefficient (Wildman–Crippen LogP) is 4.26. The fourth-order valence-corrected chi connectivity index (χ4v) is 3.74. The number of hydrogen-bond acceptors (Lipinski definition) is 3. The number of phenols is 1.